The predicted octanol–water partition coefficient (Wildman–Crippen LogP) is 6.82. The Hall–Kier alpha value is -3.04. The molecular weight excluding hydrogens is 406 g/mol. The zero-order valence-corrected chi connectivity index (χ0v) is 18.7. The van der Waals surface area contributed by atoms with Gasteiger partial charge in [0.25, 0.3) is 5.91 Å². The first kappa shape index (κ1) is 21.2. The molecule has 0 aliphatic carbocycles. The average molecular weight is 432 g/mol. The second-order valence-corrected chi connectivity index (χ2v) is 8.78. The SMILES string of the molecule is Cc1ccc(C2=C(O)C(=O)N(Cc3ccccc3Cl)[C@H]2c2ccc(C(C)C)cc2)cc1. The Kier molecular flexibility index (Phi) is 5.88. The summed E-state index contributed by atoms with van der Waals surface area (Å²) in [6, 6.07) is 23.3. The van der Waals surface area contributed by atoms with Crippen LogP contribution < -0.4 is 0 Å². The summed E-state index contributed by atoms with van der Waals surface area (Å²) in [7, 11) is 0. The van der Waals surface area contributed by atoms with Gasteiger partial charge in [-0.25, -0.2) is 0 Å². The first-order valence-electron chi connectivity index (χ1n) is 10.5. The van der Waals surface area contributed by atoms with Gasteiger partial charge in [0.15, 0.2) is 5.76 Å². The van der Waals surface area contributed by atoms with Crippen molar-refractivity contribution >= 4 is 23.1 Å². The minimum Gasteiger partial charge on any atom is -0.503 e. The summed E-state index contributed by atoms with van der Waals surface area (Å²) >= 11 is 6.39. The molecule has 0 fully saturated rings. The smallest absolute Gasteiger partial charge is 0.290 e. The van der Waals surface area contributed by atoms with Gasteiger partial charge in [-0.3, -0.25) is 4.79 Å². The molecule has 0 unspecified atom stereocenters. The Bertz CT molecular complexity index is 1130. The molecule has 0 spiro atoms. The number of carbonyl (C=O) groups is 1. The molecule has 0 saturated heterocycles. The molecule has 0 aromatic heterocycles. The van der Waals surface area contributed by atoms with E-state index < -0.39 is 6.04 Å². The Labute approximate surface area is 188 Å². The van der Waals surface area contributed by atoms with Gasteiger partial charge in [0.05, 0.1) is 6.04 Å². The molecule has 1 heterocycles. The molecule has 1 aliphatic rings. The summed E-state index contributed by atoms with van der Waals surface area (Å²) in [5, 5.41) is 11.5. The molecule has 3 nitrogen and oxygen atoms in total. The maximum atomic E-state index is 13.2. The van der Waals surface area contributed by atoms with Crippen LogP contribution in [0.4, 0.5) is 0 Å². The van der Waals surface area contributed by atoms with E-state index in [2.05, 4.69) is 38.1 Å². The zero-order chi connectivity index (χ0) is 22.1. The van der Waals surface area contributed by atoms with Crippen molar-refractivity contribution in [2.45, 2.75) is 39.3 Å². The number of benzene rings is 3. The summed E-state index contributed by atoms with van der Waals surface area (Å²) < 4.78 is 0. The van der Waals surface area contributed by atoms with E-state index in [1.165, 1.54) is 5.56 Å². The highest BCUT2D eigenvalue weighted by molar-refractivity contribution is 6.31. The van der Waals surface area contributed by atoms with Crippen LogP contribution in [0.2, 0.25) is 5.02 Å². The molecule has 4 rings (SSSR count). The largest absolute Gasteiger partial charge is 0.503 e. The van der Waals surface area contributed by atoms with Crippen LogP contribution in [0, 0.1) is 6.92 Å². The van der Waals surface area contributed by atoms with Crippen molar-refractivity contribution < 1.29 is 9.90 Å². The fourth-order valence-corrected chi connectivity index (χ4v) is 4.26. The Morgan fingerprint density at radius 3 is 2.23 bits per heavy atom. The lowest BCUT2D eigenvalue weighted by atomic mass is 9.91. The molecule has 1 amide bonds. The van der Waals surface area contributed by atoms with Crippen LogP contribution in [0.25, 0.3) is 5.57 Å². The monoisotopic (exact) mass is 431 g/mol. The molecule has 1 aliphatic heterocycles. The summed E-state index contributed by atoms with van der Waals surface area (Å²) in [5.41, 5.74) is 5.64. The van der Waals surface area contributed by atoms with Crippen LogP contribution in [-0.4, -0.2) is 15.9 Å². The Morgan fingerprint density at radius 2 is 1.61 bits per heavy atom. The highest BCUT2D eigenvalue weighted by atomic mass is 35.5. The first-order valence-corrected chi connectivity index (χ1v) is 10.9. The lowest BCUT2D eigenvalue weighted by molar-refractivity contribution is -0.130. The number of aryl methyl sites for hydroxylation is 1. The summed E-state index contributed by atoms with van der Waals surface area (Å²) in [5.74, 6) is -0.165. The third-order valence-electron chi connectivity index (χ3n) is 5.88. The van der Waals surface area contributed by atoms with Crippen LogP contribution in [-0.2, 0) is 11.3 Å². The van der Waals surface area contributed by atoms with Crippen molar-refractivity contribution in [2.75, 3.05) is 0 Å². The molecule has 1 N–H and O–H groups in total. The van der Waals surface area contributed by atoms with Crippen molar-refractivity contribution in [3.63, 3.8) is 0 Å². The molecule has 1 atom stereocenters. The van der Waals surface area contributed by atoms with Gasteiger partial charge in [0, 0.05) is 17.1 Å². The summed E-state index contributed by atoms with van der Waals surface area (Å²) in [6.45, 7) is 6.64. The maximum absolute atomic E-state index is 13.2. The summed E-state index contributed by atoms with van der Waals surface area (Å²) in [4.78, 5) is 14.9. The van der Waals surface area contributed by atoms with Gasteiger partial charge in [-0.05, 0) is 41.2 Å². The molecule has 0 radical (unpaired) electrons. The third kappa shape index (κ3) is 4.11. The molecule has 3 aromatic rings. The minimum atomic E-state index is -0.396. The van der Waals surface area contributed by atoms with Crippen LogP contribution >= 0.6 is 11.6 Å². The fraction of sp³-hybridized carbons (Fsp3) is 0.222. The second kappa shape index (κ2) is 8.60. The fourth-order valence-electron chi connectivity index (χ4n) is 4.06. The number of carbonyl (C=O) groups excluding carboxylic acids is 1. The van der Waals surface area contributed by atoms with E-state index in [9.17, 15) is 9.90 Å². The van der Waals surface area contributed by atoms with E-state index in [-0.39, 0.29) is 11.7 Å². The normalized spacial score (nSPS) is 16.5. The van der Waals surface area contributed by atoms with Crippen molar-refractivity contribution in [3.8, 4) is 0 Å². The number of hydrogen-bond acceptors (Lipinski definition) is 2. The zero-order valence-electron chi connectivity index (χ0n) is 18.0. The van der Waals surface area contributed by atoms with Gasteiger partial charge >= 0.3 is 0 Å². The lowest BCUT2D eigenvalue weighted by Crippen LogP contribution is -2.30. The van der Waals surface area contributed by atoms with Gasteiger partial charge in [-0.15, -0.1) is 0 Å². The van der Waals surface area contributed by atoms with E-state index in [4.69, 9.17) is 11.6 Å². The molecule has 158 valence electrons. The van der Waals surface area contributed by atoms with Crippen molar-refractivity contribution in [1.82, 2.24) is 4.90 Å². The van der Waals surface area contributed by atoms with Crippen molar-refractivity contribution in [3.05, 3.63) is 111 Å². The Morgan fingerprint density at radius 1 is 0.968 bits per heavy atom. The molecular formula is C27H26ClNO2. The highest BCUT2D eigenvalue weighted by Crippen LogP contribution is 2.44. The highest BCUT2D eigenvalue weighted by Gasteiger charge is 2.41. The van der Waals surface area contributed by atoms with Crippen molar-refractivity contribution in [1.29, 1.82) is 0 Å². The molecule has 3 aromatic carbocycles. The molecule has 4 heteroatoms. The first-order chi connectivity index (χ1) is 14.9. The topological polar surface area (TPSA) is 40.5 Å². The van der Waals surface area contributed by atoms with Gasteiger partial charge in [-0.2, -0.15) is 0 Å². The van der Waals surface area contributed by atoms with E-state index in [0.717, 1.165) is 22.3 Å². The number of nitrogens with zero attached hydrogens (tertiary/aromatic N) is 1. The van der Waals surface area contributed by atoms with Crippen LogP contribution in [0.15, 0.2) is 78.6 Å². The van der Waals surface area contributed by atoms with Gasteiger partial charge in [0.2, 0.25) is 0 Å². The number of aliphatic hydroxyl groups is 1. The quantitative estimate of drug-likeness (QED) is 0.481. The van der Waals surface area contributed by atoms with Crippen molar-refractivity contribution in [2.24, 2.45) is 0 Å². The number of rotatable bonds is 5. The van der Waals surface area contributed by atoms with Crippen LogP contribution in [0.3, 0.4) is 0 Å². The predicted molar refractivity (Wildman–Crippen MR) is 126 cm³/mol. The average Bonchev–Trinajstić information content (AvgIpc) is 3.01. The van der Waals surface area contributed by atoms with Crippen LogP contribution in [0.5, 0.6) is 0 Å². The summed E-state index contributed by atoms with van der Waals surface area (Å²) in [6.07, 6.45) is 0. The van der Waals surface area contributed by atoms with Gasteiger partial charge in [-0.1, -0.05) is 97.7 Å². The van der Waals surface area contributed by atoms with Gasteiger partial charge in [0.1, 0.15) is 0 Å². The van der Waals surface area contributed by atoms with E-state index in [1.807, 2.05) is 55.5 Å². The van der Waals surface area contributed by atoms with E-state index in [0.29, 0.717) is 23.1 Å². The van der Waals surface area contributed by atoms with E-state index in [1.54, 1.807) is 4.90 Å². The maximum Gasteiger partial charge on any atom is 0.290 e. The molecule has 0 bridgehead atoms. The molecule has 31 heavy (non-hydrogen) atoms. The number of halogens is 1. The Balaban J connectivity index is 1.81. The van der Waals surface area contributed by atoms with Gasteiger partial charge < -0.3 is 10.0 Å². The standard InChI is InChI=1S/C27H26ClNO2/c1-17(2)19-12-14-21(15-13-19)25-24(20-10-8-18(3)9-11-20)26(30)27(31)29(25)16-22-6-4-5-7-23(22)28/h4-15,17,25,30H,16H2,1-3H3/t25-/m0/s1. The minimum absolute atomic E-state index is 0.200. The number of amides is 1. The van der Waals surface area contributed by atoms with Crippen LogP contribution in [0.1, 0.15) is 53.6 Å². The lowest BCUT2D eigenvalue weighted by Gasteiger charge is -2.28. The second-order valence-electron chi connectivity index (χ2n) is 8.38. The van der Waals surface area contributed by atoms with E-state index >= 15 is 0 Å². The molecule has 0 saturated carbocycles. The number of hydrogen-bond donors (Lipinski definition) is 1. The number of aliphatic hydroxyl groups excluding tert-OH is 1. The third-order valence-corrected chi connectivity index (χ3v) is 6.25.